The van der Waals surface area contributed by atoms with E-state index in [-0.39, 0.29) is 10.6 Å². The maximum Gasteiger partial charge on any atom is 0.337 e. The minimum Gasteiger partial charge on any atom is -0.490 e. The highest BCUT2D eigenvalue weighted by Gasteiger charge is 2.12. The number of hydrogen-bond donors (Lipinski definition) is 2. The van der Waals surface area contributed by atoms with Crippen LogP contribution < -0.4 is 14.9 Å². The summed E-state index contributed by atoms with van der Waals surface area (Å²) in [5.74, 6) is 0.189. The number of hydrogen-bond acceptors (Lipinski definition) is 5. The lowest BCUT2D eigenvalue weighted by Gasteiger charge is -2.14. The van der Waals surface area contributed by atoms with E-state index in [0.717, 1.165) is 16.5 Å². The lowest BCUT2D eigenvalue weighted by molar-refractivity contribution is 0.0697. The Bertz CT molecular complexity index is 843. The standard InChI is InChI=1S/C19H20BrClN2O4/c1-3-7-27-18-15(20)8-12(9-17(18)26-4-2)11-22-23-13-5-6-16(21)14(10-13)19(24)25/h5-6,8-11,23H,3-4,7H2,1-2H3,(H,24,25). The van der Waals surface area contributed by atoms with E-state index in [1.54, 1.807) is 12.3 Å². The zero-order valence-corrected chi connectivity index (χ0v) is 17.3. The van der Waals surface area contributed by atoms with Crippen molar-refractivity contribution in [1.82, 2.24) is 0 Å². The van der Waals surface area contributed by atoms with E-state index in [2.05, 4.69) is 26.5 Å². The van der Waals surface area contributed by atoms with Crippen LogP contribution in [0, 0.1) is 0 Å². The first-order valence-electron chi connectivity index (χ1n) is 8.37. The van der Waals surface area contributed by atoms with Crippen LogP contribution in [0.2, 0.25) is 5.02 Å². The van der Waals surface area contributed by atoms with Gasteiger partial charge in [0.25, 0.3) is 0 Å². The van der Waals surface area contributed by atoms with Crippen molar-refractivity contribution < 1.29 is 19.4 Å². The summed E-state index contributed by atoms with van der Waals surface area (Å²) in [6.45, 7) is 5.04. The lowest BCUT2D eigenvalue weighted by Crippen LogP contribution is -2.02. The molecule has 6 nitrogen and oxygen atoms in total. The molecule has 0 atom stereocenters. The number of hydrazone groups is 1. The number of aromatic carboxylic acids is 1. The summed E-state index contributed by atoms with van der Waals surface area (Å²) in [4.78, 5) is 11.1. The van der Waals surface area contributed by atoms with Crippen molar-refractivity contribution in [3.63, 3.8) is 0 Å². The molecule has 2 rings (SSSR count). The van der Waals surface area contributed by atoms with Crippen LogP contribution in [0.3, 0.4) is 0 Å². The molecule has 0 aliphatic heterocycles. The average molecular weight is 456 g/mol. The van der Waals surface area contributed by atoms with Crippen LogP contribution in [0.5, 0.6) is 11.5 Å². The quantitative estimate of drug-likeness (QED) is 0.389. The average Bonchev–Trinajstić information content (AvgIpc) is 2.62. The van der Waals surface area contributed by atoms with Gasteiger partial charge in [0.15, 0.2) is 11.5 Å². The molecular weight excluding hydrogens is 436 g/mol. The smallest absolute Gasteiger partial charge is 0.337 e. The van der Waals surface area contributed by atoms with Crippen LogP contribution in [0.1, 0.15) is 36.2 Å². The summed E-state index contributed by atoms with van der Waals surface area (Å²) in [6.07, 6.45) is 2.50. The monoisotopic (exact) mass is 454 g/mol. The molecule has 8 heteroatoms. The molecule has 144 valence electrons. The number of carboxylic acids is 1. The number of nitrogens with zero attached hydrogens (tertiary/aromatic N) is 1. The summed E-state index contributed by atoms with van der Waals surface area (Å²) < 4.78 is 12.2. The summed E-state index contributed by atoms with van der Waals surface area (Å²) in [5, 5.41) is 13.4. The Hall–Kier alpha value is -2.25. The van der Waals surface area contributed by atoms with Crippen LogP contribution in [-0.4, -0.2) is 30.5 Å². The lowest BCUT2D eigenvalue weighted by atomic mass is 10.2. The molecule has 2 N–H and O–H groups in total. The zero-order valence-electron chi connectivity index (χ0n) is 15.0. The molecule has 0 amide bonds. The van der Waals surface area contributed by atoms with Gasteiger partial charge in [-0.05, 0) is 65.2 Å². The number of carboxylic acid groups (broad SMARTS) is 1. The number of ether oxygens (including phenoxy) is 2. The molecule has 0 fully saturated rings. The van der Waals surface area contributed by atoms with Gasteiger partial charge in [-0.2, -0.15) is 5.10 Å². The van der Waals surface area contributed by atoms with Crippen molar-refractivity contribution in [1.29, 1.82) is 0 Å². The molecule has 0 bridgehead atoms. The van der Waals surface area contributed by atoms with Gasteiger partial charge in [0, 0.05) is 0 Å². The topological polar surface area (TPSA) is 80.2 Å². The van der Waals surface area contributed by atoms with Gasteiger partial charge in [0.1, 0.15) is 0 Å². The Kier molecular flexibility index (Phi) is 7.94. The van der Waals surface area contributed by atoms with E-state index >= 15 is 0 Å². The number of rotatable bonds is 9. The Morgan fingerprint density at radius 3 is 2.74 bits per heavy atom. The van der Waals surface area contributed by atoms with Crippen molar-refractivity contribution in [3.05, 3.63) is 51.0 Å². The van der Waals surface area contributed by atoms with Gasteiger partial charge < -0.3 is 14.6 Å². The molecule has 0 aromatic heterocycles. The summed E-state index contributed by atoms with van der Waals surface area (Å²) >= 11 is 9.36. The Morgan fingerprint density at radius 2 is 2.07 bits per heavy atom. The third-order valence-electron chi connectivity index (χ3n) is 3.39. The van der Waals surface area contributed by atoms with E-state index in [1.165, 1.54) is 12.1 Å². The van der Waals surface area contributed by atoms with E-state index in [1.807, 2.05) is 26.0 Å². The van der Waals surface area contributed by atoms with Gasteiger partial charge in [-0.25, -0.2) is 4.79 Å². The molecule has 0 heterocycles. The van der Waals surface area contributed by atoms with Crippen LogP contribution in [-0.2, 0) is 0 Å². The fraction of sp³-hybridized carbons (Fsp3) is 0.263. The Morgan fingerprint density at radius 1 is 1.30 bits per heavy atom. The van der Waals surface area contributed by atoms with Crippen LogP contribution in [0.15, 0.2) is 39.9 Å². The van der Waals surface area contributed by atoms with Crippen LogP contribution >= 0.6 is 27.5 Å². The first-order valence-corrected chi connectivity index (χ1v) is 9.54. The first-order chi connectivity index (χ1) is 13.0. The minimum absolute atomic E-state index is 0.00988. The van der Waals surface area contributed by atoms with Crippen molar-refractivity contribution in [3.8, 4) is 11.5 Å². The van der Waals surface area contributed by atoms with Crippen molar-refractivity contribution >= 4 is 45.4 Å². The fourth-order valence-corrected chi connectivity index (χ4v) is 2.98. The number of carbonyl (C=O) groups is 1. The fourth-order valence-electron chi connectivity index (χ4n) is 2.21. The highest BCUT2D eigenvalue weighted by molar-refractivity contribution is 9.10. The normalized spacial score (nSPS) is 10.8. The first kappa shape index (κ1) is 21.1. The van der Waals surface area contributed by atoms with Crippen molar-refractivity contribution in [2.24, 2.45) is 5.10 Å². The molecule has 0 aliphatic carbocycles. The molecule has 0 saturated heterocycles. The molecule has 27 heavy (non-hydrogen) atoms. The number of anilines is 1. The summed E-state index contributed by atoms with van der Waals surface area (Å²) in [6, 6.07) is 8.27. The van der Waals surface area contributed by atoms with Gasteiger partial charge >= 0.3 is 5.97 Å². The predicted molar refractivity (Wildman–Crippen MR) is 111 cm³/mol. The molecule has 0 unspecified atom stereocenters. The summed E-state index contributed by atoms with van der Waals surface area (Å²) in [5.41, 5.74) is 4.11. The van der Waals surface area contributed by atoms with Gasteiger partial charge in [-0.3, -0.25) is 5.43 Å². The SMILES string of the molecule is CCCOc1c(Br)cc(C=NNc2ccc(Cl)c(C(=O)O)c2)cc1OCC. The zero-order chi connectivity index (χ0) is 19.8. The Balaban J connectivity index is 2.19. The maximum atomic E-state index is 11.1. The molecule has 2 aromatic carbocycles. The van der Waals surface area contributed by atoms with Crippen molar-refractivity contribution in [2.45, 2.75) is 20.3 Å². The third-order valence-corrected chi connectivity index (χ3v) is 4.30. The molecular formula is C19H20BrClN2O4. The van der Waals surface area contributed by atoms with Crippen LogP contribution in [0.25, 0.3) is 0 Å². The molecule has 2 aromatic rings. The number of nitrogens with one attached hydrogen (secondary N) is 1. The van der Waals surface area contributed by atoms with E-state index in [9.17, 15) is 4.79 Å². The minimum atomic E-state index is -1.10. The summed E-state index contributed by atoms with van der Waals surface area (Å²) in [7, 11) is 0. The molecule has 0 saturated carbocycles. The number of benzene rings is 2. The molecule has 0 aliphatic rings. The highest BCUT2D eigenvalue weighted by atomic mass is 79.9. The van der Waals surface area contributed by atoms with E-state index in [0.29, 0.717) is 30.4 Å². The van der Waals surface area contributed by atoms with E-state index < -0.39 is 5.97 Å². The van der Waals surface area contributed by atoms with Gasteiger partial charge in [-0.15, -0.1) is 0 Å². The second-order valence-electron chi connectivity index (χ2n) is 5.48. The second kappa shape index (κ2) is 10.2. The third kappa shape index (κ3) is 5.87. The maximum absolute atomic E-state index is 11.1. The van der Waals surface area contributed by atoms with Gasteiger partial charge in [0.2, 0.25) is 0 Å². The highest BCUT2D eigenvalue weighted by Crippen LogP contribution is 2.36. The predicted octanol–water partition coefficient (Wildman–Crippen LogP) is 5.43. The Labute approximate surface area is 171 Å². The van der Waals surface area contributed by atoms with Crippen molar-refractivity contribution in [2.75, 3.05) is 18.6 Å². The van der Waals surface area contributed by atoms with Gasteiger partial charge in [-0.1, -0.05) is 18.5 Å². The van der Waals surface area contributed by atoms with Gasteiger partial charge in [0.05, 0.1) is 40.2 Å². The molecule has 0 spiro atoms. The number of halogens is 2. The second-order valence-corrected chi connectivity index (χ2v) is 6.74. The van der Waals surface area contributed by atoms with Crippen LogP contribution in [0.4, 0.5) is 5.69 Å². The largest absolute Gasteiger partial charge is 0.490 e. The molecule has 0 radical (unpaired) electrons. The van der Waals surface area contributed by atoms with E-state index in [4.69, 9.17) is 26.2 Å².